The third-order valence-electron chi connectivity index (χ3n) is 3.92. The molecule has 1 heterocycles. The van der Waals surface area contributed by atoms with Crippen molar-refractivity contribution in [2.45, 2.75) is 46.5 Å². The Labute approximate surface area is 168 Å². The Bertz CT molecular complexity index is 424. The minimum absolute atomic E-state index is 0. The van der Waals surface area contributed by atoms with E-state index in [1.165, 1.54) is 0 Å². The lowest BCUT2D eigenvalue weighted by Crippen LogP contribution is -2.46. The van der Waals surface area contributed by atoms with Crippen LogP contribution in [-0.2, 0) is 14.3 Å². The third-order valence-corrected chi connectivity index (χ3v) is 3.92. The predicted octanol–water partition coefficient (Wildman–Crippen LogP) is 1.76. The van der Waals surface area contributed by atoms with Gasteiger partial charge in [-0.2, -0.15) is 0 Å². The summed E-state index contributed by atoms with van der Waals surface area (Å²) in [6.07, 6.45) is 2.89. The van der Waals surface area contributed by atoms with Gasteiger partial charge in [0, 0.05) is 32.6 Å². The Morgan fingerprint density at radius 3 is 2.40 bits per heavy atom. The van der Waals surface area contributed by atoms with E-state index < -0.39 is 0 Å². The average molecular weight is 468 g/mol. The lowest BCUT2D eigenvalue weighted by atomic mass is 9.97. The quantitative estimate of drug-likeness (QED) is 0.246. The molecule has 25 heavy (non-hydrogen) atoms. The zero-order chi connectivity index (χ0) is 17.8. The predicted molar refractivity (Wildman–Crippen MR) is 110 cm³/mol. The SMILES string of the molecule is CCCNC(=O)CCN=C(NCC)N1CCC(C(=O)OCC)CC1.I. The van der Waals surface area contributed by atoms with Crippen LogP contribution in [0.1, 0.15) is 46.5 Å². The van der Waals surface area contributed by atoms with Crippen molar-refractivity contribution in [3.63, 3.8) is 0 Å². The van der Waals surface area contributed by atoms with Crippen LogP contribution in [0, 0.1) is 5.92 Å². The standard InChI is InChI=1S/C17H32N4O3.HI/c1-4-10-19-15(22)7-11-20-17(18-5-2)21-12-8-14(9-13-21)16(23)24-6-3;/h14H,4-13H2,1-3H3,(H,18,20)(H,19,22);1H. The molecule has 1 aliphatic heterocycles. The van der Waals surface area contributed by atoms with E-state index in [2.05, 4.69) is 20.5 Å². The zero-order valence-electron chi connectivity index (χ0n) is 15.7. The summed E-state index contributed by atoms with van der Waals surface area (Å²) >= 11 is 0. The number of hydrogen-bond acceptors (Lipinski definition) is 4. The molecule has 0 saturated carbocycles. The number of nitrogens with one attached hydrogen (secondary N) is 2. The van der Waals surface area contributed by atoms with Gasteiger partial charge in [0.25, 0.3) is 0 Å². The maximum atomic E-state index is 11.8. The Morgan fingerprint density at radius 2 is 1.84 bits per heavy atom. The number of nitrogens with zero attached hydrogens (tertiary/aromatic N) is 2. The van der Waals surface area contributed by atoms with E-state index in [-0.39, 0.29) is 41.8 Å². The molecule has 1 amide bonds. The molecule has 0 bridgehead atoms. The van der Waals surface area contributed by atoms with E-state index in [1.54, 1.807) is 0 Å². The summed E-state index contributed by atoms with van der Waals surface area (Å²) in [5.41, 5.74) is 0. The van der Waals surface area contributed by atoms with Gasteiger partial charge in [-0.15, -0.1) is 24.0 Å². The first-order chi connectivity index (χ1) is 11.6. The molecule has 0 aromatic heterocycles. The minimum Gasteiger partial charge on any atom is -0.466 e. The molecule has 1 fully saturated rings. The molecule has 2 N–H and O–H groups in total. The smallest absolute Gasteiger partial charge is 0.309 e. The van der Waals surface area contributed by atoms with Crippen molar-refractivity contribution in [1.82, 2.24) is 15.5 Å². The molecular formula is C17H33IN4O3. The molecule has 0 unspecified atom stereocenters. The van der Waals surface area contributed by atoms with E-state index in [4.69, 9.17) is 4.74 Å². The molecule has 8 heteroatoms. The largest absolute Gasteiger partial charge is 0.466 e. The number of hydrogen-bond donors (Lipinski definition) is 2. The summed E-state index contributed by atoms with van der Waals surface area (Å²) < 4.78 is 5.10. The fourth-order valence-electron chi connectivity index (χ4n) is 2.63. The lowest BCUT2D eigenvalue weighted by molar-refractivity contribution is -0.149. The number of piperidine rings is 1. The van der Waals surface area contributed by atoms with Crippen molar-refractivity contribution in [1.29, 1.82) is 0 Å². The summed E-state index contributed by atoms with van der Waals surface area (Å²) in [7, 11) is 0. The molecule has 1 aliphatic rings. The van der Waals surface area contributed by atoms with Crippen LogP contribution in [0.4, 0.5) is 0 Å². The van der Waals surface area contributed by atoms with Crippen LogP contribution >= 0.6 is 24.0 Å². The van der Waals surface area contributed by atoms with Crippen molar-refractivity contribution in [3.05, 3.63) is 0 Å². The maximum absolute atomic E-state index is 11.8. The van der Waals surface area contributed by atoms with Crippen LogP contribution in [0.2, 0.25) is 0 Å². The highest BCUT2D eigenvalue weighted by molar-refractivity contribution is 14.0. The molecule has 1 saturated heterocycles. The van der Waals surface area contributed by atoms with E-state index >= 15 is 0 Å². The van der Waals surface area contributed by atoms with Gasteiger partial charge in [-0.1, -0.05) is 6.92 Å². The number of aliphatic imine (C=N–C) groups is 1. The molecule has 1 rings (SSSR count). The van der Waals surface area contributed by atoms with Crippen molar-refractivity contribution in [3.8, 4) is 0 Å². The molecule has 0 aromatic rings. The number of guanidine groups is 1. The number of halogens is 1. The second kappa shape index (κ2) is 14.1. The highest BCUT2D eigenvalue weighted by atomic mass is 127. The fourth-order valence-corrected chi connectivity index (χ4v) is 2.63. The normalized spacial score (nSPS) is 15.3. The lowest BCUT2D eigenvalue weighted by Gasteiger charge is -2.33. The van der Waals surface area contributed by atoms with Crippen molar-refractivity contribution >= 4 is 41.8 Å². The summed E-state index contributed by atoms with van der Waals surface area (Å²) in [6.45, 7) is 9.83. The van der Waals surface area contributed by atoms with Crippen molar-refractivity contribution in [2.24, 2.45) is 10.9 Å². The molecular weight excluding hydrogens is 435 g/mol. The molecule has 0 aliphatic carbocycles. The van der Waals surface area contributed by atoms with Gasteiger partial charge in [-0.05, 0) is 33.1 Å². The highest BCUT2D eigenvalue weighted by Gasteiger charge is 2.27. The Balaban J connectivity index is 0.00000576. The van der Waals surface area contributed by atoms with Gasteiger partial charge >= 0.3 is 5.97 Å². The topological polar surface area (TPSA) is 83.0 Å². The van der Waals surface area contributed by atoms with Crippen molar-refractivity contribution in [2.75, 3.05) is 39.3 Å². The second-order valence-corrected chi connectivity index (χ2v) is 5.85. The van der Waals surface area contributed by atoms with Gasteiger partial charge in [-0.3, -0.25) is 14.6 Å². The monoisotopic (exact) mass is 468 g/mol. The van der Waals surface area contributed by atoms with Gasteiger partial charge in [0.1, 0.15) is 0 Å². The number of esters is 1. The molecule has 0 radical (unpaired) electrons. The molecule has 7 nitrogen and oxygen atoms in total. The van der Waals surface area contributed by atoms with E-state index in [1.807, 2.05) is 20.8 Å². The number of rotatable bonds is 8. The van der Waals surface area contributed by atoms with Crippen LogP contribution in [0.5, 0.6) is 0 Å². The van der Waals surface area contributed by atoms with Crippen LogP contribution in [0.15, 0.2) is 4.99 Å². The number of carbonyl (C=O) groups excluding carboxylic acids is 2. The number of carbonyl (C=O) groups is 2. The van der Waals surface area contributed by atoms with E-state index in [0.717, 1.165) is 44.9 Å². The summed E-state index contributed by atoms with van der Waals surface area (Å²) in [5, 5.41) is 6.12. The first-order valence-corrected chi connectivity index (χ1v) is 9.08. The summed E-state index contributed by atoms with van der Waals surface area (Å²) in [5.74, 6) is 0.760. The average Bonchev–Trinajstić information content (AvgIpc) is 2.59. The minimum atomic E-state index is -0.0910. The van der Waals surface area contributed by atoms with Crippen molar-refractivity contribution < 1.29 is 14.3 Å². The Hall–Kier alpha value is -1.06. The Kier molecular flexibility index (Phi) is 13.5. The molecule has 0 aromatic carbocycles. The van der Waals surface area contributed by atoms with Gasteiger partial charge in [-0.25, -0.2) is 0 Å². The number of ether oxygens (including phenoxy) is 1. The fraction of sp³-hybridized carbons (Fsp3) is 0.824. The number of amides is 1. The van der Waals surface area contributed by atoms with Crippen LogP contribution < -0.4 is 10.6 Å². The molecule has 0 atom stereocenters. The zero-order valence-corrected chi connectivity index (χ0v) is 18.0. The maximum Gasteiger partial charge on any atom is 0.309 e. The highest BCUT2D eigenvalue weighted by Crippen LogP contribution is 2.18. The molecule has 0 spiro atoms. The van der Waals surface area contributed by atoms with Gasteiger partial charge in [0.05, 0.1) is 19.1 Å². The first kappa shape index (κ1) is 23.9. The summed E-state index contributed by atoms with van der Waals surface area (Å²) in [6, 6.07) is 0. The first-order valence-electron chi connectivity index (χ1n) is 9.08. The van der Waals surface area contributed by atoms with Gasteiger partial charge in [0.15, 0.2) is 5.96 Å². The van der Waals surface area contributed by atoms with Crippen LogP contribution in [0.25, 0.3) is 0 Å². The third kappa shape index (κ3) is 9.27. The second-order valence-electron chi connectivity index (χ2n) is 5.85. The van der Waals surface area contributed by atoms with Gasteiger partial charge in [0.2, 0.25) is 5.91 Å². The van der Waals surface area contributed by atoms with Gasteiger partial charge < -0.3 is 20.3 Å². The number of likely N-dealkylation sites (tertiary alicyclic amines) is 1. The summed E-state index contributed by atoms with van der Waals surface area (Å²) in [4.78, 5) is 30.1. The van der Waals surface area contributed by atoms with Crippen LogP contribution in [-0.4, -0.2) is 62.1 Å². The van der Waals surface area contributed by atoms with Crippen LogP contribution in [0.3, 0.4) is 0 Å². The van der Waals surface area contributed by atoms with E-state index in [9.17, 15) is 9.59 Å². The Morgan fingerprint density at radius 1 is 1.16 bits per heavy atom. The van der Waals surface area contributed by atoms with E-state index in [0.29, 0.717) is 26.1 Å². The molecule has 146 valence electrons.